The summed E-state index contributed by atoms with van der Waals surface area (Å²) < 4.78 is 0. The van der Waals surface area contributed by atoms with Crippen LogP contribution in [-0.2, 0) is 6.54 Å². The Morgan fingerprint density at radius 1 is 0.962 bits per heavy atom. The van der Waals surface area contributed by atoms with Gasteiger partial charge in [0.05, 0.1) is 0 Å². The molecule has 2 aromatic carbocycles. The molecule has 132 valence electrons. The quantitative estimate of drug-likeness (QED) is 0.636. The molecule has 1 saturated heterocycles. The van der Waals surface area contributed by atoms with Crippen molar-refractivity contribution in [1.29, 1.82) is 0 Å². The van der Waals surface area contributed by atoms with E-state index in [4.69, 9.17) is 4.98 Å². The Hall–Kier alpha value is -2.65. The Balaban J connectivity index is 1.49. The van der Waals surface area contributed by atoms with E-state index in [1.165, 1.54) is 24.0 Å². The van der Waals surface area contributed by atoms with E-state index in [-0.39, 0.29) is 0 Å². The smallest absolute Gasteiger partial charge is 0.132 e. The first-order valence-corrected chi connectivity index (χ1v) is 9.34. The van der Waals surface area contributed by atoms with Gasteiger partial charge in [-0.1, -0.05) is 54.6 Å². The van der Waals surface area contributed by atoms with Crippen molar-refractivity contribution < 1.29 is 0 Å². The van der Waals surface area contributed by atoms with Crippen LogP contribution in [0.3, 0.4) is 0 Å². The molecule has 0 spiro atoms. The normalized spacial score (nSPS) is 17.3. The molecule has 3 aromatic rings. The number of benzene rings is 2. The third-order valence-corrected chi connectivity index (χ3v) is 5.23. The van der Waals surface area contributed by atoms with Crippen LogP contribution in [0.2, 0.25) is 0 Å². The van der Waals surface area contributed by atoms with Crippen LogP contribution in [0.4, 0.5) is 11.5 Å². The number of nitrogens with zero attached hydrogens (tertiary/aromatic N) is 3. The van der Waals surface area contributed by atoms with E-state index in [9.17, 15) is 0 Å². The largest absolute Gasteiger partial charge is 0.329 e. The Bertz CT molecular complexity index is 815. The molecular formula is C23H25N3. The van der Waals surface area contributed by atoms with Crippen LogP contribution >= 0.6 is 0 Å². The summed E-state index contributed by atoms with van der Waals surface area (Å²) in [6.45, 7) is 2.17. The van der Waals surface area contributed by atoms with Crippen molar-refractivity contribution in [3.63, 3.8) is 0 Å². The molecule has 1 aliphatic heterocycles. The van der Waals surface area contributed by atoms with E-state index in [2.05, 4.69) is 89.8 Å². The van der Waals surface area contributed by atoms with Crippen molar-refractivity contribution in [3.8, 4) is 0 Å². The zero-order chi connectivity index (χ0) is 17.8. The molecule has 4 rings (SSSR count). The van der Waals surface area contributed by atoms with Crippen LogP contribution in [0.5, 0.6) is 0 Å². The highest BCUT2D eigenvalue weighted by Crippen LogP contribution is 2.33. The molecule has 26 heavy (non-hydrogen) atoms. The first-order chi connectivity index (χ1) is 12.8. The Morgan fingerprint density at radius 3 is 2.38 bits per heavy atom. The molecule has 1 aliphatic rings. The summed E-state index contributed by atoms with van der Waals surface area (Å²) in [6, 6.07) is 26.0. The standard InChI is InChI=1S/C23H25N3/c1-25(21-11-6-3-7-12-21)23-15-14-20(17-24-23)22-13-8-16-26(22)18-19-9-4-2-5-10-19/h2-7,9-12,14-15,17,22H,8,13,16,18H2,1H3. The van der Waals surface area contributed by atoms with Crippen molar-refractivity contribution in [2.24, 2.45) is 0 Å². The summed E-state index contributed by atoms with van der Waals surface area (Å²) in [5.41, 5.74) is 3.86. The molecule has 0 radical (unpaired) electrons. The predicted molar refractivity (Wildman–Crippen MR) is 108 cm³/mol. The average Bonchev–Trinajstić information content (AvgIpc) is 3.17. The molecule has 2 heterocycles. The SMILES string of the molecule is CN(c1ccccc1)c1ccc(C2CCCN2Cc2ccccc2)cn1. The highest BCUT2D eigenvalue weighted by molar-refractivity contribution is 5.58. The first-order valence-electron chi connectivity index (χ1n) is 9.34. The lowest BCUT2D eigenvalue weighted by Gasteiger charge is -2.25. The molecule has 0 N–H and O–H groups in total. The van der Waals surface area contributed by atoms with E-state index < -0.39 is 0 Å². The molecule has 0 aliphatic carbocycles. The number of likely N-dealkylation sites (tertiary alicyclic amines) is 1. The van der Waals surface area contributed by atoms with Gasteiger partial charge in [-0.15, -0.1) is 0 Å². The maximum atomic E-state index is 4.74. The van der Waals surface area contributed by atoms with Crippen molar-refractivity contribution in [2.75, 3.05) is 18.5 Å². The van der Waals surface area contributed by atoms with Crippen molar-refractivity contribution in [2.45, 2.75) is 25.4 Å². The van der Waals surface area contributed by atoms with Gasteiger partial charge in [-0.05, 0) is 48.7 Å². The van der Waals surface area contributed by atoms with Gasteiger partial charge in [-0.3, -0.25) is 4.90 Å². The van der Waals surface area contributed by atoms with Crippen LogP contribution in [0.25, 0.3) is 0 Å². The van der Waals surface area contributed by atoms with Gasteiger partial charge in [0, 0.05) is 31.5 Å². The van der Waals surface area contributed by atoms with Crippen molar-refractivity contribution in [1.82, 2.24) is 9.88 Å². The molecule has 3 heteroatoms. The lowest BCUT2D eigenvalue weighted by molar-refractivity contribution is 0.248. The van der Waals surface area contributed by atoms with Crippen LogP contribution in [0.1, 0.15) is 30.0 Å². The average molecular weight is 343 g/mol. The molecule has 1 atom stereocenters. The minimum atomic E-state index is 0.471. The van der Waals surface area contributed by atoms with Gasteiger partial charge in [-0.2, -0.15) is 0 Å². The number of hydrogen-bond acceptors (Lipinski definition) is 3. The summed E-state index contributed by atoms with van der Waals surface area (Å²) in [7, 11) is 2.06. The van der Waals surface area contributed by atoms with Gasteiger partial charge in [-0.25, -0.2) is 4.98 Å². The summed E-state index contributed by atoms with van der Waals surface area (Å²) in [5.74, 6) is 0.979. The summed E-state index contributed by atoms with van der Waals surface area (Å²) in [6.07, 6.45) is 4.52. The molecular weight excluding hydrogens is 318 g/mol. The van der Waals surface area contributed by atoms with Crippen LogP contribution < -0.4 is 4.90 Å². The Morgan fingerprint density at radius 2 is 1.69 bits per heavy atom. The number of pyridine rings is 1. The second-order valence-corrected chi connectivity index (χ2v) is 6.96. The first kappa shape index (κ1) is 16.8. The third-order valence-electron chi connectivity index (χ3n) is 5.23. The Labute approximate surface area is 155 Å². The van der Waals surface area contributed by atoms with Crippen LogP contribution in [0.15, 0.2) is 79.0 Å². The molecule has 0 bridgehead atoms. The monoisotopic (exact) mass is 343 g/mol. The second kappa shape index (κ2) is 7.71. The van der Waals surface area contributed by atoms with Gasteiger partial charge in [0.25, 0.3) is 0 Å². The minimum Gasteiger partial charge on any atom is -0.329 e. The maximum absolute atomic E-state index is 4.74. The predicted octanol–water partition coefficient (Wildman–Crippen LogP) is 5.19. The van der Waals surface area contributed by atoms with Gasteiger partial charge >= 0.3 is 0 Å². The number of rotatable bonds is 5. The van der Waals surface area contributed by atoms with E-state index >= 15 is 0 Å². The van der Waals surface area contributed by atoms with Gasteiger partial charge in [0.1, 0.15) is 5.82 Å². The number of anilines is 2. The fourth-order valence-electron chi connectivity index (χ4n) is 3.79. The topological polar surface area (TPSA) is 19.4 Å². The number of hydrogen-bond donors (Lipinski definition) is 0. The molecule has 1 unspecified atom stereocenters. The summed E-state index contributed by atoms with van der Waals surface area (Å²) >= 11 is 0. The van der Waals surface area contributed by atoms with E-state index in [1.54, 1.807) is 0 Å². The number of aromatic nitrogens is 1. The Kier molecular flexibility index (Phi) is 4.98. The maximum Gasteiger partial charge on any atom is 0.132 e. The highest BCUT2D eigenvalue weighted by Gasteiger charge is 2.26. The lowest BCUT2D eigenvalue weighted by atomic mass is 10.1. The third kappa shape index (κ3) is 3.63. The molecule has 1 aromatic heterocycles. The summed E-state index contributed by atoms with van der Waals surface area (Å²) in [4.78, 5) is 9.44. The van der Waals surface area contributed by atoms with Gasteiger partial charge < -0.3 is 4.90 Å². The van der Waals surface area contributed by atoms with E-state index in [1.807, 2.05) is 6.07 Å². The molecule has 1 fully saturated rings. The van der Waals surface area contributed by atoms with Crippen molar-refractivity contribution in [3.05, 3.63) is 90.1 Å². The minimum absolute atomic E-state index is 0.471. The van der Waals surface area contributed by atoms with Gasteiger partial charge in [0.15, 0.2) is 0 Å². The fourth-order valence-corrected chi connectivity index (χ4v) is 3.79. The summed E-state index contributed by atoms with van der Waals surface area (Å²) in [5, 5.41) is 0. The van der Waals surface area contributed by atoms with Crippen LogP contribution in [0, 0.1) is 0 Å². The zero-order valence-electron chi connectivity index (χ0n) is 15.3. The molecule has 3 nitrogen and oxygen atoms in total. The molecule has 0 saturated carbocycles. The zero-order valence-corrected chi connectivity index (χ0v) is 15.3. The molecule has 0 amide bonds. The van der Waals surface area contributed by atoms with Crippen LogP contribution in [-0.4, -0.2) is 23.5 Å². The highest BCUT2D eigenvalue weighted by atomic mass is 15.2. The number of para-hydroxylation sites is 1. The fraction of sp³-hybridized carbons (Fsp3) is 0.261. The van der Waals surface area contributed by atoms with E-state index in [0.717, 1.165) is 24.6 Å². The van der Waals surface area contributed by atoms with Gasteiger partial charge in [0.2, 0.25) is 0 Å². The van der Waals surface area contributed by atoms with Crippen molar-refractivity contribution >= 4 is 11.5 Å². The lowest BCUT2D eigenvalue weighted by Crippen LogP contribution is -2.23. The second-order valence-electron chi connectivity index (χ2n) is 6.96. The van der Waals surface area contributed by atoms with E-state index in [0.29, 0.717) is 6.04 Å².